The van der Waals surface area contributed by atoms with Gasteiger partial charge in [-0.25, -0.2) is 0 Å². The Morgan fingerprint density at radius 2 is 1.60 bits per heavy atom. The van der Waals surface area contributed by atoms with Gasteiger partial charge < -0.3 is 33.7 Å². The Morgan fingerprint density at radius 1 is 1.00 bits per heavy atom. The second-order valence-corrected chi connectivity index (χ2v) is 12.0. The van der Waals surface area contributed by atoms with Crippen molar-refractivity contribution in [3.8, 4) is 5.75 Å². The average molecular weight is 657 g/mol. The van der Waals surface area contributed by atoms with Gasteiger partial charge >= 0.3 is 13.5 Å². The van der Waals surface area contributed by atoms with Crippen molar-refractivity contribution >= 4 is 34.2 Å². The van der Waals surface area contributed by atoms with E-state index in [2.05, 4.69) is 31.1 Å². The SMILES string of the molecule is C1COCCO1.Cn1cc(B2OC(C)(C)C(C)(C)O2)cn1.FC(F)(F)Oc1ccc(N2C=C3NCCC3=C(Br)C2)cc1. The predicted molar refractivity (Wildman–Crippen MR) is 158 cm³/mol. The lowest BCUT2D eigenvalue weighted by molar-refractivity contribution is -0.274. The van der Waals surface area contributed by atoms with Crippen LogP contribution in [0.4, 0.5) is 18.9 Å². The molecule has 4 aliphatic heterocycles. The van der Waals surface area contributed by atoms with Gasteiger partial charge in [0.05, 0.1) is 49.9 Å². The lowest BCUT2D eigenvalue weighted by Gasteiger charge is -2.32. The minimum absolute atomic E-state index is 0.217. The first-order chi connectivity index (χ1) is 19.7. The zero-order chi connectivity index (χ0) is 30.5. The Hall–Kier alpha value is -2.52. The van der Waals surface area contributed by atoms with Crippen molar-refractivity contribution in [1.82, 2.24) is 15.1 Å². The van der Waals surface area contributed by atoms with E-state index in [1.807, 2.05) is 52.0 Å². The van der Waals surface area contributed by atoms with E-state index in [0.717, 1.165) is 60.7 Å². The highest BCUT2D eigenvalue weighted by Gasteiger charge is 2.52. The second-order valence-electron chi connectivity index (χ2n) is 11.0. The summed E-state index contributed by atoms with van der Waals surface area (Å²) >= 11 is 3.57. The summed E-state index contributed by atoms with van der Waals surface area (Å²) < 4.78 is 64.8. The molecule has 2 aromatic rings. The van der Waals surface area contributed by atoms with E-state index in [0.29, 0.717) is 6.54 Å². The third-order valence-electron chi connectivity index (χ3n) is 7.33. The number of anilines is 1. The largest absolute Gasteiger partial charge is 0.573 e. The third kappa shape index (κ3) is 8.53. The highest BCUT2D eigenvalue weighted by atomic mass is 79.9. The molecule has 4 aliphatic rings. The molecule has 0 spiro atoms. The van der Waals surface area contributed by atoms with Gasteiger partial charge in [-0.2, -0.15) is 5.10 Å². The third-order valence-corrected chi connectivity index (χ3v) is 8.06. The van der Waals surface area contributed by atoms with E-state index >= 15 is 0 Å². The monoisotopic (exact) mass is 656 g/mol. The van der Waals surface area contributed by atoms with Gasteiger partial charge in [0, 0.05) is 47.8 Å². The zero-order valence-electron chi connectivity index (χ0n) is 24.5. The van der Waals surface area contributed by atoms with E-state index in [9.17, 15) is 13.2 Å². The van der Waals surface area contributed by atoms with Crippen LogP contribution in [0.1, 0.15) is 34.1 Å². The minimum atomic E-state index is -4.66. The predicted octanol–water partition coefficient (Wildman–Crippen LogP) is 4.64. The molecule has 0 aliphatic carbocycles. The zero-order valence-corrected chi connectivity index (χ0v) is 26.0. The van der Waals surface area contributed by atoms with Crippen molar-refractivity contribution in [3.05, 3.63) is 58.6 Å². The van der Waals surface area contributed by atoms with Crippen molar-refractivity contribution in [2.75, 3.05) is 44.4 Å². The quantitative estimate of drug-likeness (QED) is 0.479. The number of fused-ring (bicyclic) bond motifs is 1. The van der Waals surface area contributed by atoms with Crippen molar-refractivity contribution in [3.63, 3.8) is 0 Å². The van der Waals surface area contributed by atoms with Crippen LogP contribution in [-0.2, 0) is 25.8 Å². The number of ether oxygens (including phenoxy) is 3. The van der Waals surface area contributed by atoms with E-state index < -0.39 is 6.36 Å². The van der Waals surface area contributed by atoms with Gasteiger partial charge in [-0.15, -0.1) is 13.2 Å². The van der Waals surface area contributed by atoms with E-state index in [-0.39, 0.29) is 24.1 Å². The van der Waals surface area contributed by atoms with Crippen molar-refractivity contribution in [2.24, 2.45) is 7.05 Å². The van der Waals surface area contributed by atoms with Crippen molar-refractivity contribution in [2.45, 2.75) is 51.7 Å². The molecule has 0 atom stereocenters. The van der Waals surface area contributed by atoms with Crippen LogP contribution in [0.25, 0.3) is 0 Å². The molecule has 42 heavy (non-hydrogen) atoms. The van der Waals surface area contributed by atoms with E-state index in [1.54, 1.807) is 23.0 Å². The maximum atomic E-state index is 12.1. The summed E-state index contributed by atoms with van der Waals surface area (Å²) in [6.07, 6.45) is 2.00. The van der Waals surface area contributed by atoms with Gasteiger partial charge in [-0.3, -0.25) is 4.68 Å². The molecule has 14 heteroatoms. The molecular weight excluding hydrogens is 620 g/mol. The first kappa shape index (κ1) is 32.4. The smallest absolute Gasteiger partial charge is 0.406 e. The fourth-order valence-corrected chi connectivity index (χ4v) is 5.08. The summed E-state index contributed by atoms with van der Waals surface area (Å²) in [5.74, 6) is -0.217. The number of hydrogen-bond acceptors (Lipinski definition) is 8. The van der Waals surface area contributed by atoms with Crippen LogP contribution < -0.4 is 20.4 Å². The summed E-state index contributed by atoms with van der Waals surface area (Å²) in [5, 5.41) is 7.40. The fourth-order valence-electron chi connectivity index (χ4n) is 4.40. The molecule has 0 bridgehead atoms. The Morgan fingerprint density at radius 3 is 2.10 bits per heavy atom. The number of halogens is 4. The average Bonchev–Trinajstić information content (AvgIpc) is 3.63. The highest BCUT2D eigenvalue weighted by Crippen LogP contribution is 2.36. The Kier molecular flexibility index (Phi) is 10.4. The van der Waals surface area contributed by atoms with Crippen LogP contribution in [0.3, 0.4) is 0 Å². The van der Waals surface area contributed by atoms with Crippen LogP contribution in [0.15, 0.2) is 58.6 Å². The Labute approximate surface area is 253 Å². The number of nitrogens with one attached hydrogen (secondary N) is 1. The lowest BCUT2D eigenvalue weighted by atomic mass is 9.82. The first-order valence-corrected chi connectivity index (χ1v) is 14.5. The summed E-state index contributed by atoms with van der Waals surface area (Å²) in [6.45, 7) is 12.9. The van der Waals surface area contributed by atoms with Gasteiger partial charge in [0.25, 0.3) is 0 Å². The van der Waals surface area contributed by atoms with E-state index in [1.165, 1.54) is 17.7 Å². The van der Waals surface area contributed by atoms with Crippen LogP contribution in [0, 0.1) is 0 Å². The number of rotatable bonds is 3. The molecule has 1 aromatic carbocycles. The highest BCUT2D eigenvalue weighted by molar-refractivity contribution is 9.11. The first-order valence-electron chi connectivity index (χ1n) is 13.7. The van der Waals surface area contributed by atoms with Gasteiger partial charge in [-0.1, -0.05) is 15.9 Å². The number of benzene rings is 1. The molecule has 9 nitrogen and oxygen atoms in total. The van der Waals surface area contributed by atoms with Crippen LogP contribution in [0.5, 0.6) is 5.75 Å². The molecule has 0 radical (unpaired) electrons. The number of aryl methyl sites for hydroxylation is 1. The number of aromatic nitrogens is 2. The molecule has 3 saturated heterocycles. The summed E-state index contributed by atoms with van der Waals surface area (Å²) in [7, 11) is 1.58. The van der Waals surface area contributed by atoms with Crippen LogP contribution in [0.2, 0.25) is 0 Å². The molecule has 3 fully saturated rings. The Bertz CT molecular complexity index is 1240. The molecular formula is C28H37BBrF3N4O5. The summed E-state index contributed by atoms with van der Waals surface area (Å²) in [6, 6.07) is 5.85. The number of hydrogen-bond donors (Lipinski definition) is 1. The van der Waals surface area contributed by atoms with Crippen molar-refractivity contribution < 1.29 is 36.7 Å². The molecule has 1 N–H and O–H groups in total. The van der Waals surface area contributed by atoms with Crippen LogP contribution in [-0.4, -0.2) is 74.0 Å². The molecule has 0 unspecified atom stereocenters. The molecule has 230 valence electrons. The van der Waals surface area contributed by atoms with Crippen LogP contribution >= 0.6 is 15.9 Å². The number of nitrogens with zero attached hydrogens (tertiary/aromatic N) is 3. The van der Waals surface area contributed by atoms with Gasteiger partial charge in [0.1, 0.15) is 5.75 Å². The molecule has 0 amide bonds. The normalized spacial score (nSPS) is 20.9. The maximum absolute atomic E-state index is 12.1. The number of alkyl halides is 3. The van der Waals surface area contributed by atoms with Gasteiger partial charge in [0.15, 0.2) is 0 Å². The fraction of sp³-hybridized carbons (Fsp3) is 0.536. The van der Waals surface area contributed by atoms with Gasteiger partial charge in [-0.05, 0) is 64.0 Å². The summed E-state index contributed by atoms with van der Waals surface area (Å²) in [4.78, 5) is 1.97. The lowest BCUT2D eigenvalue weighted by Crippen LogP contribution is -2.41. The number of allylic oxidation sites excluding steroid dienone is 1. The Balaban J connectivity index is 0.000000167. The molecule has 6 rings (SSSR count). The molecule has 0 saturated carbocycles. The van der Waals surface area contributed by atoms with Gasteiger partial charge in [0.2, 0.25) is 0 Å². The molecule has 5 heterocycles. The maximum Gasteiger partial charge on any atom is 0.573 e. The minimum Gasteiger partial charge on any atom is -0.406 e. The van der Waals surface area contributed by atoms with E-state index in [4.69, 9.17) is 18.8 Å². The second kappa shape index (κ2) is 13.4. The standard InChI is InChI=1S/C14H12BrF3N2O.C10H17BN2O2.C4H8O2/c15-12-7-20(8-13-11(12)5-6-19-13)9-1-3-10(4-2-9)21-14(16,17)18;1-9(2)10(3,4)15-11(14-9)8-6-12-13(5)7-8;1-2-6-4-3-5-1/h1-4,8,19H,5-7H2;6-7H,1-5H3;1-4H2. The van der Waals surface area contributed by atoms with Crippen molar-refractivity contribution in [1.29, 1.82) is 0 Å². The summed E-state index contributed by atoms with van der Waals surface area (Å²) in [5.41, 5.74) is 3.53. The topological polar surface area (TPSA) is 79.2 Å². The molecule has 1 aromatic heterocycles.